The maximum absolute atomic E-state index is 11.6. The van der Waals surface area contributed by atoms with E-state index in [1.54, 1.807) is 33.2 Å². The average Bonchev–Trinajstić information content (AvgIpc) is 2.65. The first-order valence-corrected chi connectivity index (χ1v) is 9.64. The summed E-state index contributed by atoms with van der Waals surface area (Å²) in [4.78, 5) is 11.6. The molecule has 2 unspecified atom stereocenters. The van der Waals surface area contributed by atoms with E-state index in [-0.39, 0.29) is 6.61 Å². The van der Waals surface area contributed by atoms with E-state index >= 15 is 0 Å². The molecule has 0 aliphatic heterocycles. The van der Waals surface area contributed by atoms with Crippen LogP contribution in [-0.4, -0.2) is 50.9 Å². The molecule has 1 rings (SSSR count). The first-order chi connectivity index (χ1) is 13.7. The highest BCUT2D eigenvalue weighted by Crippen LogP contribution is 2.34. The number of nitrogens with one attached hydrogen (secondary N) is 2. The SMILES string of the molecule is CCOC(=O)NC(C)(O)C(/C=C/C=C(\C)Cc1cc(NC)c(Cl)c(OC)c1)OC. The van der Waals surface area contributed by atoms with Crippen molar-refractivity contribution >= 4 is 23.4 Å². The van der Waals surface area contributed by atoms with Crippen LogP contribution in [0.2, 0.25) is 5.02 Å². The molecular weight excluding hydrogens is 396 g/mol. The Morgan fingerprint density at radius 3 is 2.62 bits per heavy atom. The fraction of sp³-hybridized carbons (Fsp3) is 0.476. The van der Waals surface area contributed by atoms with Gasteiger partial charge in [0.2, 0.25) is 0 Å². The maximum Gasteiger partial charge on any atom is 0.409 e. The summed E-state index contributed by atoms with van der Waals surface area (Å²) in [5.41, 5.74) is 1.28. The number of methoxy groups -OCH3 is 2. The minimum atomic E-state index is -1.62. The molecule has 0 spiro atoms. The van der Waals surface area contributed by atoms with Crippen LogP contribution in [0.3, 0.4) is 0 Å². The first-order valence-electron chi connectivity index (χ1n) is 9.26. The van der Waals surface area contributed by atoms with Gasteiger partial charge in [-0.05, 0) is 44.9 Å². The summed E-state index contributed by atoms with van der Waals surface area (Å²) in [6.07, 6.45) is 4.56. The highest BCUT2D eigenvalue weighted by Gasteiger charge is 2.32. The molecule has 0 bridgehead atoms. The lowest BCUT2D eigenvalue weighted by atomic mass is 10.0. The van der Waals surface area contributed by atoms with E-state index in [2.05, 4.69) is 10.6 Å². The first kappa shape index (κ1) is 24.8. The summed E-state index contributed by atoms with van der Waals surface area (Å²) in [7, 11) is 4.83. The van der Waals surface area contributed by atoms with Gasteiger partial charge in [0.25, 0.3) is 0 Å². The van der Waals surface area contributed by atoms with Crippen LogP contribution < -0.4 is 15.4 Å². The molecule has 1 aromatic rings. The number of ether oxygens (including phenoxy) is 3. The van der Waals surface area contributed by atoms with Crippen molar-refractivity contribution in [3.63, 3.8) is 0 Å². The van der Waals surface area contributed by atoms with E-state index < -0.39 is 17.9 Å². The molecule has 0 saturated heterocycles. The summed E-state index contributed by atoms with van der Waals surface area (Å²) < 4.78 is 15.4. The van der Waals surface area contributed by atoms with E-state index in [9.17, 15) is 9.90 Å². The number of carbonyl (C=O) groups is 1. The number of benzene rings is 1. The number of hydrogen-bond donors (Lipinski definition) is 3. The van der Waals surface area contributed by atoms with Gasteiger partial charge in [-0.15, -0.1) is 0 Å². The standard InChI is InChI=1S/C21H31ClN2O5/c1-7-29-20(25)24-21(3,26)18(28-6)10-8-9-14(2)11-15-12-16(23-4)19(22)17(13-15)27-5/h8-10,12-13,18,23,26H,7,11H2,1-6H3,(H,24,25)/b10-8+,14-9+. The quantitative estimate of drug-likeness (QED) is 0.388. The van der Waals surface area contributed by atoms with Gasteiger partial charge in [0.15, 0.2) is 5.72 Å². The Morgan fingerprint density at radius 2 is 2.07 bits per heavy atom. The lowest BCUT2D eigenvalue weighted by Gasteiger charge is -2.30. The van der Waals surface area contributed by atoms with Gasteiger partial charge in [-0.2, -0.15) is 0 Å². The molecule has 162 valence electrons. The molecule has 3 N–H and O–H groups in total. The molecule has 0 heterocycles. The second-order valence-electron chi connectivity index (χ2n) is 6.63. The van der Waals surface area contributed by atoms with Gasteiger partial charge >= 0.3 is 6.09 Å². The van der Waals surface area contributed by atoms with Gasteiger partial charge in [0, 0.05) is 14.2 Å². The molecule has 0 saturated carbocycles. The summed E-state index contributed by atoms with van der Waals surface area (Å²) in [5, 5.41) is 16.4. The Hall–Kier alpha value is -2.22. The second-order valence-corrected chi connectivity index (χ2v) is 7.01. The number of allylic oxidation sites excluding steroid dienone is 3. The highest BCUT2D eigenvalue weighted by atomic mass is 35.5. The zero-order valence-electron chi connectivity index (χ0n) is 17.8. The van der Waals surface area contributed by atoms with Crippen LogP contribution in [0.1, 0.15) is 26.3 Å². The summed E-state index contributed by atoms with van der Waals surface area (Å²) in [6.45, 7) is 5.33. The van der Waals surface area contributed by atoms with Crippen molar-refractivity contribution in [3.8, 4) is 5.75 Å². The van der Waals surface area contributed by atoms with Crippen LogP contribution in [0.15, 0.2) is 35.9 Å². The normalized spacial score (nSPS) is 15.0. The number of alkyl carbamates (subject to hydrolysis) is 1. The second kappa shape index (κ2) is 11.7. The van der Waals surface area contributed by atoms with Gasteiger partial charge in [-0.25, -0.2) is 4.79 Å². The monoisotopic (exact) mass is 426 g/mol. The van der Waals surface area contributed by atoms with E-state index in [0.29, 0.717) is 17.2 Å². The van der Waals surface area contributed by atoms with Crippen LogP contribution in [0, 0.1) is 0 Å². The fourth-order valence-corrected chi connectivity index (χ4v) is 3.01. The summed E-state index contributed by atoms with van der Waals surface area (Å²) in [5.74, 6) is 0.609. The number of anilines is 1. The predicted molar refractivity (Wildman–Crippen MR) is 116 cm³/mol. The molecule has 0 aliphatic rings. The lowest BCUT2D eigenvalue weighted by molar-refractivity contribution is -0.0765. The third kappa shape index (κ3) is 7.61. The molecule has 0 fully saturated rings. The van der Waals surface area contributed by atoms with Crippen LogP contribution >= 0.6 is 11.6 Å². The minimum absolute atomic E-state index is 0.210. The molecule has 2 atom stereocenters. The fourth-order valence-electron chi connectivity index (χ4n) is 2.73. The summed E-state index contributed by atoms with van der Waals surface area (Å²) in [6, 6.07) is 3.87. The minimum Gasteiger partial charge on any atom is -0.495 e. The number of amides is 1. The number of hydrogen-bond acceptors (Lipinski definition) is 6. The van der Waals surface area contributed by atoms with Crippen molar-refractivity contribution in [3.05, 3.63) is 46.5 Å². The van der Waals surface area contributed by atoms with Gasteiger partial charge in [0.05, 0.1) is 19.4 Å². The highest BCUT2D eigenvalue weighted by molar-refractivity contribution is 6.34. The Morgan fingerprint density at radius 1 is 1.38 bits per heavy atom. The number of aliphatic hydroxyl groups is 1. The largest absolute Gasteiger partial charge is 0.495 e. The molecule has 1 amide bonds. The average molecular weight is 427 g/mol. The third-order valence-corrected chi connectivity index (χ3v) is 4.57. The molecule has 0 aliphatic carbocycles. The van der Waals surface area contributed by atoms with Crippen LogP contribution in [0.5, 0.6) is 5.75 Å². The lowest BCUT2D eigenvalue weighted by Crippen LogP contribution is -2.54. The molecule has 7 nitrogen and oxygen atoms in total. The van der Waals surface area contributed by atoms with Crippen LogP contribution in [-0.2, 0) is 15.9 Å². The number of carbonyl (C=O) groups excluding carboxylic acids is 1. The zero-order valence-corrected chi connectivity index (χ0v) is 18.6. The van der Waals surface area contributed by atoms with Crippen molar-refractivity contribution in [2.75, 3.05) is 33.2 Å². The molecule has 0 aromatic heterocycles. The Bertz CT molecular complexity index is 722. The van der Waals surface area contributed by atoms with Gasteiger partial charge in [-0.1, -0.05) is 35.4 Å². The molecule has 8 heteroatoms. The van der Waals surface area contributed by atoms with E-state index in [1.165, 1.54) is 14.0 Å². The van der Waals surface area contributed by atoms with E-state index in [1.807, 2.05) is 25.1 Å². The molecule has 1 aromatic carbocycles. The topological polar surface area (TPSA) is 89.1 Å². The predicted octanol–water partition coefficient (Wildman–Crippen LogP) is 3.90. The maximum atomic E-state index is 11.6. The van der Waals surface area contributed by atoms with E-state index in [0.717, 1.165) is 16.8 Å². The Labute approximate surface area is 177 Å². The number of halogens is 1. The zero-order chi connectivity index (χ0) is 22.0. The van der Waals surface area contributed by atoms with Crippen molar-refractivity contribution in [1.82, 2.24) is 5.32 Å². The van der Waals surface area contributed by atoms with E-state index in [4.69, 9.17) is 25.8 Å². The van der Waals surface area contributed by atoms with Crippen molar-refractivity contribution in [2.24, 2.45) is 0 Å². The smallest absolute Gasteiger partial charge is 0.409 e. The van der Waals surface area contributed by atoms with Crippen molar-refractivity contribution in [2.45, 2.75) is 39.0 Å². The van der Waals surface area contributed by atoms with Crippen LogP contribution in [0.25, 0.3) is 0 Å². The van der Waals surface area contributed by atoms with Gasteiger partial charge in [-0.3, -0.25) is 5.32 Å². The summed E-state index contributed by atoms with van der Waals surface area (Å²) >= 11 is 6.26. The van der Waals surface area contributed by atoms with Crippen LogP contribution in [0.4, 0.5) is 10.5 Å². The molecular formula is C21H31ClN2O5. The molecule has 29 heavy (non-hydrogen) atoms. The van der Waals surface area contributed by atoms with Crippen molar-refractivity contribution in [1.29, 1.82) is 0 Å². The Balaban J connectivity index is 2.87. The Kier molecular flexibility index (Phi) is 10.0. The molecule has 0 radical (unpaired) electrons. The number of rotatable bonds is 10. The third-order valence-electron chi connectivity index (χ3n) is 4.18. The van der Waals surface area contributed by atoms with Crippen molar-refractivity contribution < 1.29 is 24.1 Å². The van der Waals surface area contributed by atoms with Gasteiger partial charge < -0.3 is 24.6 Å². The van der Waals surface area contributed by atoms with Gasteiger partial charge in [0.1, 0.15) is 16.9 Å².